The molecule has 0 saturated carbocycles. The van der Waals surface area contributed by atoms with Crippen molar-refractivity contribution in [1.29, 1.82) is 0 Å². The van der Waals surface area contributed by atoms with Crippen LogP contribution in [0.3, 0.4) is 0 Å². The fraction of sp³-hybridized carbons (Fsp3) is 0.600. The summed E-state index contributed by atoms with van der Waals surface area (Å²) in [6.45, 7) is 0.252. The number of nitrogens with zero attached hydrogens (tertiary/aromatic N) is 3. The third-order valence-corrected chi connectivity index (χ3v) is 4.46. The summed E-state index contributed by atoms with van der Waals surface area (Å²) in [5, 5.41) is 16.5. The molecule has 8 heteroatoms. The van der Waals surface area contributed by atoms with Gasteiger partial charge in [-0.2, -0.15) is 17.8 Å². The Kier molecular flexibility index (Phi) is 4.10. The van der Waals surface area contributed by atoms with Gasteiger partial charge in [-0.05, 0) is 25.0 Å². The van der Waals surface area contributed by atoms with E-state index >= 15 is 0 Å². The van der Waals surface area contributed by atoms with Gasteiger partial charge in [-0.15, -0.1) is 5.10 Å². The van der Waals surface area contributed by atoms with E-state index in [1.165, 1.54) is 16.6 Å². The van der Waals surface area contributed by atoms with Crippen molar-refractivity contribution in [3.05, 3.63) is 18.3 Å². The maximum atomic E-state index is 12.2. The summed E-state index contributed by atoms with van der Waals surface area (Å²) in [6.07, 6.45) is 3.88. The van der Waals surface area contributed by atoms with E-state index in [1.807, 2.05) is 0 Å². The fourth-order valence-corrected chi connectivity index (χ4v) is 3.44. The Morgan fingerprint density at radius 3 is 3.00 bits per heavy atom. The van der Waals surface area contributed by atoms with Crippen LogP contribution in [0.15, 0.2) is 18.3 Å². The molecule has 1 aromatic rings. The molecule has 1 aromatic heterocycles. The summed E-state index contributed by atoms with van der Waals surface area (Å²) in [4.78, 5) is 0. The summed E-state index contributed by atoms with van der Waals surface area (Å²) < 4.78 is 28.0. The van der Waals surface area contributed by atoms with Gasteiger partial charge in [0.15, 0.2) is 5.82 Å². The second-order valence-corrected chi connectivity index (χ2v) is 5.78. The molecule has 2 heterocycles. The van der Waals surface area contributed by atoms with Crippen molar-refractivity contribution in [3.63, 3.8) is 0 Å². The number of aliphatic hydroxyl groups excluding tert-OH is 1. The van der Waals surface area contributed by atoms with Crippen LogP contribution in [0.2, 0.25) is 0 Å². The maximum absolute atomic E-state index is 12.2. The highest BCUT2D eigenvalue weighted by Crippen LogP contribution is 2.20. The van der Waals surface area contributed by atoms with Crippen molar-refractivity contribution in [3.8, 4) is 0 Å². The zero-order valence-corrected chi connectivity index (χ0v) is 10.7. The van der Waals surface area contributed by atoms with Gasteiger partial charge in [0.2, 0.25) is 0 Å². The van der Waals surface area contributed by atoms with Crippen LogP contribution in [0.1, 0.15) is 19.3 Å². The van der Waals surface area contributed by atoms with Crippen LogP contribution < -0.4 is 4.72 Å². The molecule has 1 unspecified atom stereocenters. The summed E-state index contributed by atoms with van der Waals surface area (Å²) >= 11 is 0. The van der Waals surface area contributed by atoms with Crippen molar-refractivity contribution in [2.45, 2.75) is 25.3 Å². The molecule has 1 atom stereocenters. The fourth-order valence-electron chi connectivity index (χ4n) is 2.02. The smallest absolute Gasteiger partial charge is 0.303 e. The van der Waals surface area contributed by atoms with E-state index < -0.39 is 10.2 Å². The summed E-state index contributed by atoms with van der Waals surface area (Å²) in [7, 11) is -3.68. The lowest BCUT2D eigenvalue weighted by molar-refractivity contribution is 0.156. The van der Waals surface area contributed by atoms with Crippen LogP contribution in [0.25, 0.3) is 0 Å². The van der Waals surface area contributed by atoms with Crippen molar-refractivity contribution in [1.82, 2.24) is 14.5 Å². The first-order chi connectivity index (χ1) is 8.63. The Labute approximate surface area is 106 Å². The third-order valence-electron chi connectivity index (χ3n) is 2.90. The van der Waals surface area contributed by atoms with Crippen LogP contribution >= 0.6 is 0 Å². The van der Waals surface area contributed by atoms with Gasteiger partial charge in [0.05, 0.1) is 6.61 Å². The molecular formula is C10H16N4O3S. The molecule has 2 rings (SSSR count). The number of hydrogen-bond donors (Lipinski definition) is 2. The Morgan fingerprint density at radius 1 is 1.50 bits per heavy atom. The van der Waals surface area contributed by atoms with Gasteiger partial charge in [0, 0.05) is 18.8 Å². The van der Waals surface area contributed by atoms with Crippen LogP contribution in [-0.2, 0) is 10.2 Å². The zero-order chi connectivity index (χ0) is 13.0. The summed E-state index contributed by atoms with van der Waals surface area (Å²) in [5.41, 5.74) is 0. The normalized spacial score (nSPS) is 21.7. The Bertz CT molecular complexity index is 479. The van der Waals surface area contributed by atoms with Gasteiger partial charge in [0.1, 0.15) is 0 Å². The van der Waals surface area contributed by atoms with E-state index in [0.29, 0.717) is 13.0 Å². The number of rotatable bonds is 4. The average Bonchev–Trinajstić information content (AvgIpc) is 2.39. The van der Waals surface area contributed by atoms with Crippen LogP contribution in [0.4, 0.5) is 5.82 Å². The predicted octanol–water partition coefficient (Wildman–Crippen LogP) is -0.0199. The van der Waals surface area contributed by atoms with Crippen molar-refractivity contribution < 1.29 is 13.5 Å². The summed E-state index contributed by atoms with van der Waals surface area (Å²) in [6, 6.07) is 2.78. The molecule has 1 saturated heterocycles. The minimum absolute atomic E-state index is 0.165. The van der Waals surface area contributed by atoms with Crippen LogP contribution in [0, 0.1) is 0 Å². The Morgan fingerprint density at radius 2 is 2.33 bits per heavy atom. The quantitative estimate of drug-likeness (QED) is 0.803. The lowest BCUT2D eigenvalue weighted by atomic mass is 10.1. The van der Waals surface area contributed by atoms with Gasteiger partial charge in [-0.25, -0.2) is 0 Å². The van der Waals surface area contributed by atoms with Crippen LogP contribution in [-0.4, -0.2) is 47.2 Å². The molecule has 1 aliphatic heterocycles. The molecule has 0 aromatic carbocycles. The minimum Gasteiger partial charge on any atom is -0.395 e. The Balaban J connectivity index is 2.14. The Hall–Kier alpha value is -1.25. The number of aliphatic hydroxyl groups is 1. The molecule has 0 aliphatic carbocycles. The highest BCUT2D eigenvalue weighted by Gasteiger charge is 2.32. The van der Waals surface area contributed by atoms with Crippen molar-refractivity contribution >= 4 is 16.0 Å². The number of hydrogen-bond acceptors (Lipinski definition) is 5. The first-order valence-corrected chi connectivity index (χ1v) is 7.25. The standard InChI is InChI=1S/C10H16N4O3S/c15-8-9-4-1-2-7-14(9)18(16,17)13-10-5-3-6-11-12-10/h3,5-6,9,15H,1-2,4,7-8H2,(H,12,13). The highest BCUT2D eigenvalue weighted by atomic mass is 32.2. The number of nitrogens with one attached hydrogen (secondary N) is 1. The van der Waals surface area contributed by atoms with E-state index in [-0.39, 0.29) is 18.5 Å². The van der Waals surface area contributed by atoms with Gasteiger partial charge in [0.25, 0.3) is 0 Å². The minimum atomic E-state index is -3.68. The second kappa shape index (κ2) is 5.59. The van der Waals surface area contributed by atoms with E-state index in [2.05, 4.69) is 14.9 Å². The number of anilines is 1. The van der Waals surface area contributed by atoms with E-state index in [9.17, 15) is 13.5 Å². The number of piperidine rings is 1. The highest BCUT2D eigenvalue weighted by molar-refractivity contribution is 7.90. The predicted molar refractivity (Wildman–Crippen MR) is 66.0 cm³/mol. The van der Waals surface area contributed by atoms with Gasteiger partial charge in [-0.3, -0.25) is 4.72 Å². The van der Waals surface area contributed by atoms with Gasteiger partial charge < -0.3 is 5.11 Å². The monoisotopic (exact) mass is 272 g/mol. The summed E-state index contributed by atoms with van der Waals surface area (Å²) in [5.74, 6) is 0.180. The van der Waals surface area contributed by atoms with Gasteiger partial charge in [-0.1, -0.05) is 6.42 Å². The zero-order valence-electron chi connectivity index (χ0n) is 9.86. The molecule has 0 spiro atoms. The van der Waals surface area contributed by atoms with E-state index in [4.69, 9.17) is 0 Å². The maximum Gasteiger partial charge on any atom is 0.303 e. The van der Waals surface area contributed by atoms with Gasteiger partial charge >= 0.3 is 10.2 Å². The number of aromatic nitrogens is 2. The molecule has 18 heavy (non-hydrogen) atoms. The van der Waals surface area contributed by atoms with Crippen molar-refractivity contribution in [2.24, 2.45) is 0 Å². The van der Waals surface area contributed by atoms with Crippen molar-refractivity contribution in [2.75, 3.05) is 17.9 Å². The SMILES string of the molecule is O=S(=O)(Nc1cccnn1)N1CCCCC1CO. The second-order valence-electron chi connectivity index (χ2n) is 4.16. The molecular weight excluding hydrogens is 256 g/mol. The third kappa shape index (κ3) is 2.95. The van der Waals surface area contributed by atoms with E-state index in [0.717, 1.165) is 12.8 Å². The molecule has 2 N–H and O–H groups in total. The molecule has 1 fully saturated rings. The molecule has 0 bridgehead atoms. The first kappa shape index (κ1) is 13.2. The van der Waals surface area contributed by atoms with E-state index in [1.54, 1.807) is 6.07 Å². The topological polar surface area (TPSA) is 95.4 Å². The molecule has 0 radical (unpaired) electrons. The van der Waals surface area contributed by atoms with Crippen LogP contribution in [0.5, 0.6) is 0 Å². The molecule has 100 valence electrons. The largest absolute Gasteiger partial charge is 0.395 e. The molecule has 7 nitrogen and oxygen atoms in total. The molecule has 1 aliphatic rings. The lowest BCUT2D eigenvalue weighted by Gasteiger charge is -2.33. The molecule has 0 amide bonds. The lowest BCUT2D eigenvalue weighted by Crippen LogP contribution is -2.48. The first-order valence-electron chi connectivity index (χ1n) is 5.81. The average molecular weight is 272 g/mol.